The summed E-state index contributed by atoms with van der Waals surface area (Å²) < 4.78 is 7.82. The summed E-state index contributed by atoms with van der Waals surface area (Å²) in [6.07, 6.45) is 1.39. The molecular weight excluding hydrogens is 442 g/mol. The van der Waals surface area contributed by atoms with E-state index >= 15 is 0 Å². The van der Waals surface area contributed by atoms with Crippen LogP contribution in [0.3, 0.4) is 0 Å². The minimum atomic E-state index is 0.250. The van der Waals surface area contributed by atoms with E-state index in [0.29, 0.717) is 6.04 Å². The summed E-state index contributed by atoms with van der Waals surface area (Å²) >= 11 is 1.83. The highest BCUT2D eigenvalue weighted by molar-refractivity contribution is 7.97. The van der Waals surface area contributed by atoms with Crippen molar-refractivity contribution in [1.82, 2.24) is 9.21 Å². The Morgan fingerprint density at radius 3 is 2.18 bits per heavy atom. The molecule has 178 valence electrons. The molecule has 34 heavy (non-hydrogen) atoms. The third-order valence-corrected chi connectivity index (χ3v) is 7.47. The molecule has 6 heteroatoms. The number of hydrogen-bond acceptors (Lipinski definition) is 5. The van der Waals surface area contributed by atoms with Gasteiger partial charge in [0.25, 0.3) is 0 Å². The summed E-state index contributed by atoms with van der Waals surface area (Å²) in [5.74, 6) is 0. The molecule has 5 nitrogen and oxygen atoms in total. The van der Waals surface area contributed by atoms with E-state index in [4.69, 9.17) is 9.53 Å². The van der Waals surface area contributed by atoms with Crippen LogP contribution in [-0.4, -0.2) is 48.0 Å². The fraction of sp³-hybridized carbons (Fsp3) is 0.321. The minimum absolute atomic E-state index is 0.250. The third kappa shape index (κ3) is 6.48. The second-order valence-corrected chi connectivity index (χ2v) is 9.89. The topological polar surface area (TPSA) is 58.8 Å². The molecule has 2 heterocycles. The number of morpholine rings is 1. The summed E-state index contributed by atoms with van der Waals surface area (Å²) in [5, 5.41) is 0. The SMILES string of the molecule is CC1Cc2ccccc2CN1Cc1ccc(-c2ccc(SN3CCOCC3)cc2)cc1.NC=O. The Balaban J connectivity index is 0.000000868. The van der Waals surface area contributed by atoms with Gasteiger partial charge in [-0.1, -0.05) is 60.7 Å². The molecule has 1 atom stereocenters. The molecular formula is C28H33N3O2S. The second kappa shape index (κ2) is 12.2. The van der Waals surface area contributed by atoms with Crippen molar-refractivity contribution in [3.8, 4) is 11.1 Å². The van der Waals surface area contributed by atoms with Crippen molar-refractivity contribution in [1.29, 1.82) is 0 Å². The molecule has 2 aliphatic heterocycles. The number of nitrogens with zero attached hydrogens (tertiary/aromatic N) is 2. The van der Waals surface area contributed by atoms with Crippen LogP contribution in [0, 0.1) is 0 Å². The number of carbonyl (C=O) groups excluding carboxylic acids is 1. The van der Waals surface area contributed by atoms with Gasteiger partial charge in [0.1, 0.15) is 0 Å². The molecule has 0 aromatic heterocycles. The standard InChI is InChI=1S/C27H30N2OS.CH3NO/c1-21-18-25-4-2-3-5-26(25)20-28(21)19-22-6-8-23(9-7-22)24-10-12-27(13-11-24)31-29-14-16-30-17-15-29;2-1-3/h2-13,21H,14-20H2,1H3;1H,(H2,2,3). The molecule has 3 aromatic carbocycles. The lowest BCUT2D eigenvalue weighted by Crippen LogP contribution is -2.37. The fourth-order valence-electron chi connectivity index (χ4n) is 4.48. The molecule has 1 amide bonds. The van der Waals surface area contributed by atoms with Crippen molar-refractivity contribution in [2.24, 2.45) is 5.73 Å². The fourth-order valence-corrected chi connectivity index (χ4v) is 5.36. The Morgan fingerprint density at radius 1 is 0.941 bits per heavy atom. The molecule has 0 aliphatic carbocycles. The van der Waals surface area contributed by atoms with E-state index in [1.807, 2.05) is 11.9 Å². The lowest BCUT2D eigenvalue weighted by atomic mass is 9.94. The van der Waals surface area contributed by atoms with Crippen LogP contribution in [0.4, 0.5) is 0 Å². The maximum atomic E-state index is 8.58. The van der Waals surface area contributed by atoms with Crippen molar-refractivity contribution < 1.29 is 9.53 Å². The van der Waals surface area contributed by atoms with Gasteiger partial charge >= 0.3 is 0 Å². The first kappa shape index (κ1) is 24.5. The second-order valence-electron chi connectivity index (χ2n) is 8.72. The van der Waals surface area contributed by atoms with Gasteiger partial charge in [-0.15, -0.1) is 0 Å². The predicted octanol–water partition coefficient (Wildman–Crippen LogP) is 4.74. The van der Waals surface area contributed by atoms with E-state index in [1.165, 1.54) is 32.7 Å². The van der Waals surface area contributed by atoms with E-state index in [0.717, 1.165) is 45.8 Å². The van der Waals surface area contributed by atoms with Crippen molar-refractivity contribution >= 4 is 18.4 Å². The van der Waals surface area contributed by atoms with Crippen LogP contribution in [-0.2, 0) is 29.0 Å². The number of amides is 1. The van der Waals surface area contributed by atoms with E-state index in [-0.39, 0.29) is 6.41 Å². The number of primary amides is 1. The first-order chi connectivity index (χ1) is 16.7. The zero-order valence-electron chi connectivity index (χ0n) is 19.7. The highest BCUT2D eigenvalue weighted by Crippen LogP contribution is 2.28. The van der Waals surface area contributed by atoms with Gasteiger partial charge in [0.15, 0.2) is 0 Å². The molecule has 3 aromatic rings. The number of rotatable bonds is 5. The molecule has 1 saturated heterocycles. The molecule has 2 aliphatic rings. The summed E-state index contributed by atoms with van der Waals surface area (Å²) in [5.41, 5.74) is 11.1. The number of hydrogen-bond donors (Lipinski definition) is 1. The van der Waals surface area contributed by atoms with Crippen LogP contribution in [0.15, 0.2) is 77.7 Å². The highest BCUT2D eigenvalue weighted by atomic mass is 32.2. The van der Waals surface area contributed by atoms with Gasteiger partial charge in [-0.05, 0) is 65.2 Å². The first-order valence-corrected chi connectivity index (χ1v) is 12.6. The predicted molar refractivity (Wildman–Crippen MR) is 139 cm³/mol. The number of carbonyl (C=O) groups is 1. The van der Waals surface area contributed by atoms with Gasteiger partial charge in [0, 0.05) is 37.1 Å². The maximum Gasteiger partial charge on any atom is 0.204 e. The maximum absolute atomic E-state index is 8.58. The Hall–Kier alpha value is -2.64. The molecule has 0 saturated carbocycles. The van der Waals surface area contributed by atoms with Crippen molar-refractivity contribution in [2.45, 2.75) is 37.4 Å². The van der Waals surface area contributed by atoms with Crippen molar-refractivity contribution in [3.05, 3.63) is 89.5 Å². The smallest absolute Gasteiger partial charge is 0.204 e. The number of benzene rings is 3. The summed E-state index contributed by atoms with van der Waals surface area (Å²) in [6, 6.07) is 27.5. The summed E-state index contributed by atoms with van der Waals surface area (Å²) in [6.45, 7) is 8.05. The molecule has 1 fully saturated rings. The van der Waals surface area contributed by atoms with Crippen molar-refractivity contribution in [3.63, 3.8) is 0 Å². The molecule has 2 N–H and O–H groups in total. The molecule has 5 rings (SSSR count). The Morgan fingerprint density at radius 2 is 1.53 bits per heavy atom. The van der Waals surface area contributed by atoms with Crippen molar-refractivity contribution in [2.75, 3.05) is 26.3 Å². The Kier molecular flexibility index (Phi) is 8.77. The van der Waals surface area contributed by atoms with Crippen LogP contribution in [0.1, 0.15) is 23.6 Å². The van der Waals surface area contributed by atoms with Crippen LogP contribution >= 0.6 is 11.9 Å². The zero-order chi connectivity index (χ0) is 23.8. The van der Waals surface area contributed by atoms with Crippen LogP contribution in [0.25, 0.3) is 11.1 Å². The average Bonchev–Trinajstić information content (AvgIpc) is 2.87. The molecule has 0 radical (unpaired) electrons. The minimum Gasteiger partial charge on any atom is -0.379 e. The number of fused-ring (bicyclic) bond motifs is 1. The van der Waals surface area contributed by atoms with E-state index in [9.17, 15) is 0 Å². The summed E-state index contributed by atoms with van der Waals surface area (Å²) in [7, 11) is 0. The monoisotopic (exact) mass is 475 g/mol. The normalized spacial score (nSPS) is 18.4. The highest BCUT2D eigenvalue weighted by Gasteiger charge is 2.22. The van der Waals surface area contributed by atoms with Gasteiger partial charge < -0.3 is 10.5 Å². The molecule has 1 unspecified atom stereocenters. The van der Waals surface area contributed by atoms with Crippen LogP contribution in [0.5, 0.6) is 0 Å². The average molecular weight is 476 g/mol. The van der Waals surface area contributed by atoms with E-state index in [2.05, 4.69) is 94.7 Å². The third-order valence-electron chi connectivity index (χ3n) is 6.36. The Labute approximate surface area is 207 Å². The van der Waals surface area contributed by atoms with E-state index < -0.39 is 0 Å². The number of nitrogens with two attached hydrogens (primary N) is 1. The van der Waals surface area contributed by atoms with Gasteiger partial charge in [-0.3, -0.25) is 9.69 Å². The van der Waals surface area contributed by atoms with Crippen LogP contribution in [0.2, 0.25) is 0 Å². The molecule has 0 spiro atoms. The first-order valence-electron chi connectivity index (χ1n) is 11.8. The molecule has 0 bridgehead atoms. The van der Waals surface area contributed by atoms with Gasteiger partial charge in [-0.25, -0.2) is 4.31 Å². The van der Waals surface area contributed by atoms with Gasteiger partial charge in [0.05, 0.1) is 13.2 Å². The van der Waals surface area contributed by atoms with Crippen LogP contribution < -0.4 is 5.73 Å². The van der Waals surface area contributed by atoms with E-state index in [1.54, 1.807) is 0 Å². The zero-order valence-corrected chi connectivity index (χ0v) is 20.5. The van der Waals surface area contributed by atoms with Gasteiger partial charge in [0.2, 0.25) is 6.41 Å². The number of ether oxygens (including phenoxy) is 1. The van der Waals surface area contributed by atoms with Gasteiger partial charge in [-0.2, -0.15) is 0 Å². The lowest BCUT2D eigenvalue weighted by molar-refractivity contribution is -0.106. The summed E-state index contributed by atoms with van der Waals surface area (Å²) in [4.78, 5) is 12.5. The Bertz CT molecular complexity index is 1050. The lowest BCUT2D eigenvalue weighted by Gasteiger charge is -2.35. The quantitative estimate of drug-likeness (QED) is 0.427. The largest absolute Gasteiger partial charge is 0.379 e.